The number of unbranched alkanes of at least 4 members (excludes halogenated alkanes) is 2. The first-order valence-corrected chi connectivity index (χ1v) is 19.4. The van der Waals surface area contributed by atoms with E-state index in [9.17, 15) is 24.0 Å². The van der Waals surface area contributed by atoms with Gasteiger partial charge in [0, 0.05) is 32.6 Å². The van der Waals surface area contributed by atoms with E-state index in [2.05, 4.69) is 26.6 Å². The van der Waals surface area contributed by atoms with Crippen molar-refractivity contribution in [3.8, 4) is 0 Å². The smallest absolute Gasteiger partial charge is 0.407 e. The molecule has 2 aliphatic rings. The fourth-order valence-corrected chi connectivity index (χ4v) is 6.00. The van der Waals surface area contributed by atoms with E-state index in [0.717, 1.165) is 12.8 Å². The van der Waals surface area contributed by atoms with Crippen molar-refractivity contribution in [1.82, 2.24) is 31.5 Å². The molecule has 0 bridgehead atoms. The van der Waals surface area contributed by atoms with Crippen LogP contribution in [0.15, 0.2) is 0 Å². The molecule has 44 heavy (non-hydrogen) atoms. The van der Waals surface area contributed by atoms with E-state index in [4.69, 9.17) is 16.2 Å². The van der Waals surface area contributed by atoms with Crippen LogP contribution in [0.3, 0.4) is 0 Å². The molecule has 2 rings (SSSR count). The first kappa shape index (κ1) is 38.6. The van der Waals surface area contributed by atoms with Crippen molar-refractivity contribution in [1.29, 1.82) is 0 Å². The Morgan fingerprint density at radius 2 is 1.32 bits per heavy atom. The van der Waals surface area contributed by atoms with Crippen LogP contribution < -0.4 is 38.1 Å². The number of carbonyl (C=O) groups is 5. The number of alkyl carbamates (subject to hydrolysis) is 1. The van der Waals surface area contributed by atoms with E-state index in [-0.39, 0.29) is 58.6 Å². The summed E-state index contributed by atoms with van der Waals surface area (Å²) in [5.41, 5.74) is 10.3. The van der Waals surface area contributed by atoms with Crippen LogP contribution in [0.2, 0.25) is 0 Å². The van der Waals surface area contributed by atoms with Gasteiger partial charge >= 0.3 is 6.09 Å². The number of nitrogens with two attached hydrogens (primary N) is 2. The molecule has 2 heterocycles. The highest BCUT2D eigenvalue weighted by Gasteiger charge is 2.30. The third-order valence-electron chi connectivity index (χ3n) is 6.34. The molecule has 18 heteroatoms. The van der Waals surface area contributed by atoms with Crippen molar-refractivity contribution in [2.45, 2.75) is 92.8 Å². The van der Waals surface area contributed by atoms with Crippen molar-refractivity contribution in [3.63, 3.8) is 0 Å². The van der Waals surface area contributed by atoms with E-state index in [0.29, 0.717) is 51.9 Å². The molecule has 2 atom stereocenters. The number of carbonyl (C=O) groups excluding carboxylic acids is 5. The quantitative estimate of drug-likeness (QED) is 0.0428. The highest BCUT2D eigenvalue weighted by molar-refractivity contribution is 8.93. The molecule has 0 unspecified atom stereocenters. The average molecular weight is 697 g/mol. The first-order chi connectivity index (χ1) is 20.8. The monoisotopic (exact) mass is 696 g/mol. The lowest BCUT2D eigenvalue weighted by Crippen LogP contribution is -2.45. The minimum Gasteiger partial charge on any atom is -0.444 e. The number of hydrogen-bond donors (Lipinski definition) is 7. The molecule has 0 aliphatic carbocycles. The summed E-state index contributed by atoms with van der Waals surface area (Å²) >= 11 is 0. The summed E-state index contributed by atoms with van der Waals surface area (Å²) in [7, 11) is 6.65. The highest BCUT2D eigenvalue weighted by Crippen LogP contribution is 2.51. The zero-order valence-corrected chi connectivity index (χ0v) is 29.0. The Balaban J connectivity index is 1.72. The Bertz CT molecular complexity index is 952. The standard InChI is InChI=1S/C26H48N8O6S4/c1-26(2,3)40-23(39)31-13-10-20(36)34(15-14-29-11-6-4-8-17(21(27)37)32-24-41-42-24)16-19(35)30-12-7-5-9-18(22(28)38)33-25-43-44-25/h17-18,24-25,29,32-33H,4-16H2,1-3H3,(H2,27,37)(H2,28,38)(H,30,35)(H,31,39)/t17-,18-/m0/s1. The van der Waals surface area contributed by atoms with Crippen LogP contribution >= 0.6 is 43.2 Å². The summed E-state index contributed by atoms with van der Waals surface area (Å²) in [4.78, 5) is 62.3. The van der Waals surface area contributed by atoms with Crippen molar-refractivity contribution >= 4 is 72.9 Å². The summed E-state index contributed by atoms with van der Waals surface area (Å²) in [5, 5.41) is 15.1. The molecule has 2 aliphatic heterocycles. The third kappa shape index (κ3) is 19.1. The lowest BCUT2D eigenvalue weighted by Gasteiger charge is -2.23. The zero-order valence-electron chi connectivity index (χ0n) is 25.7. The predicted molar refractivity (Wildman–Crippen MR) is 179 cm³/mol. The van der Waals surface area contributed by atoms with Gasteiger partial charge in [0.15, 0.2) is 0 Å². The average Bonchev–Trinajstić information content (AvgIpc) is 3.85. The largest absolute Gasteiger partial charge is 0.444 e. The SMILES string of the molecule is CC(C)(C)OC(=O)NCCC(=O)N(CCNCCCC[C@H](NC1SS1)C(N)=O)CC(=O)NCCCC[C@H](NC1SS1)C(N)=O. The van der Waals surface area contributed by atoms with E-state index in [1.54, 1.807) is 63.9 Å². The molecule has 252 valence electrons. The topological polar surface area (TPSA) is 210 Å². The summed E-state index contributed by atoms with van der Waals surface area (Å²) in [6, 6.07) is -0.735. The van der Waals surface area contributed by atoms with E-state index in [1.165, 1.54) is 4.90 Å². The van der Waals surface area contributed by atoms with Gasteiger partial charge in [-0.3, -0.25) is 29.8 Å². The van der Waals surface area contributed by atoms with Gasteiger partial charge in [-0.15, -0.1) is 0 Å². The number of hydrogen-bond acceptors (Lipinski definition) is 13. The van der Waals surface area contributed by atoms with Crippen LogP contribution in [0, 0.1) is 0 Å². The van der Waals surface area contributed by atoms with Gasteiger partial charge < -0.3 is 37.1 Å². The fraction of sp³-hybridized carbons (Fsp3) is 0.808. The maximum Gasteiger partial charge on any atom is 0.407 e. The third-order valence-corrected chi connectivity index (χ3v) is 9.96. The molecule has 0 aromatic carbocycles. The Morgan fingerprint density at radius 3 is 1.82 bits per heavy atom. The Hall–Kier alpha value is -1.57. The van der Waals surface area contributed by atoms with Gasteiger partial charge in [0.2, 0.25) is 23.6 Å². The molecular weight excluding hydrogens is 649 g/mol. The molecule has 0 saturated carbocycles. The maximum absolute atomic E-state index is 13.0. The number of primary amides is 2. The molecule has 2 fully saturated rings. The van der Waals surface area contributed by atoms with Crippen molar-refractivity contribution in [3.05, 3.63) is 0 Å². The lowest BCUT2D eigenvalue weighted by atomic mass is 10.1. The normalized spacial score (nSPS) is 16.1. The predicted octanol–water partition coefficient (Wildman–Crippen LogP) is 1.02. The van der Waals surface area contributed by atoms with Crippen molar-refractivity contribution in [2.75, 3.05) is 39.3 Å². The summed E-state index contributed by atoms with van der Waals surface area (Å²) in [5.74, 6) is -1.29. The molecule has 14 nitrogen and oxygen atoms in total. The van der Waals surface area contributed by atoms with Crippen LogP contribution in [-0.4, -0.2) is 101 Å². The summed E-state index contributed by atoms with van der Waals surface area (Å²) in [6.45, 7) is 7.12. The lowest BCUT2D eigenvalue weighted by molar-refractivity contribution is -0.135. The number of rotatable bonds is 24. The molecule has 5 amide bonds. The second-order valence-corrected chi connectivity index (χ2v) is 16.9. The summed E-state index contributed by atoms with van der Waals surface area (Å²) < 4.78 is 5.66. The first-order valence-electron chi connectivity index (χ1n) is 14.8. The molecule has 9 N–H and O–H groups in total. The van der Waals surface area contributed by atoms with Crippen LogP contribution in [0.1, 0.15) is 65.7 Å². The molecule has 2 saturated heterocycles. The van der Waals surface area contributed by atoms with Gasteiger partial charge in [0.1, 0.15) is 15.0 Å². The number of nitrogens with zero attached hydrogens (tertiary/aromatic N) is 1. The van der Waals surface area contributed by atoms with Gasteiger partial charge in [0.05, 0.1) is 18.6 Å². The Labute approximate surface area is 275 Å². The van der Waals surface area contributed by atoms with Gasteiger partial charge in [-0.1, -0.05) is 49.6 Å². The molecule has 0 aromatic heterocycles. The van der Waals surface area contributed by atoms with Gasteiger partial charge in [-0.25, -0.2) is 4.79 Å². The van der Waals surface area contributed by atoms with Gasteiger partial charge in [-0.05, 0) is 59.4 Å². The van der Waals surface area contributed by atoms with Crippen LogP contribution in [0.4, 0.5) is 4.79 Å². The summed E-state index contributed by atoms with van der Waals surface area (Å²) in [6.07, 6.45) is 3.67. The minimum atomic E-state index is -0.650. The van der Waals surface area contributed by atoms with Crippen LogP contribution in [0.25, 0.3) is 0 Å². The second-order valence-electron chi connectivity index (χ2n) is 11.4. The van der Waals surface area contributed by atoms with E-state index < -0.39 is 17.7 Å². The second kappa shape index (κ2) is 20.5. The number of amides is 5. The van der Waals surface area contributed by atoms with E-state index in [1.807, 2.05) is 0 Å². The maximum atomic E-state index is 13.0. The highest BCUT2D eigenvalue weighted by atomic mass is 33.2. The Morgan fingerprint density at radius 1 is 0.773 bits per heavy atom. The van der Waals surface area contributed by atoms with Gasteiger partial charge in [0.25, 0.3) is 0 Å². The number of nitrogens with one attached hydrogen (secondary N) is 5. The van der Waals surface area contributed by atoms with Crippen molar-refractivity contribution < 1.29 is 28.7 Å². The van der Waals surface area contributed by atoms with Crippen LogP contribution in [-0.2, 0) is 23.9 Å². The molecule has 0 spiro atoms. The molecule has 0 aromatic rings. The van der Waals surface area contributed by atoms with Crippen molar-refractivity contribution in [2.24, 2.45) is 11.5 Å². The zero-order chi connectivity index (χ0) is 32.5. The fourth-order valence-electron chi connectivity index (χ4n) is 4.01. The molecule has 0 radical (unpaired) electrons. The minimum absolute atomic E-state index is 0.0185. The number of ether oxygens (including phenoxy) is 1. The van der Waals surface area contributed by atoms with Crippen LogP contribution in [0.5, 0.6) is 0 Å². The van der Waals surface area contributed by atoms with E-state index >= 15 is 0 Å². The Kier molecular flexibility index (Phi) is 18.0. The van der Waals surface area contributed by atoms with Gasteiger partial charge in [-0.2, -0.15) is 0 Å². The molecular formula is C26H48N8O6S4.